The number of nitrogens with one attached hydrogen (secondary N) is 2. The highest BCUT2D eigenvalue weighted by atomic mass is 16.5. The van der Waals surface area contributed by atoms with E-state index in [4.69, 9.17) is 4.52 Å². The number of aromatic nitrogens is 6. The predicted molar refractivity (Wildman–Crippen MR) is 113 cm³/mol. The van der Waals surface area contributed by atoms with E-state index in [9.17, 15) is 4.79 Å². The van der Waals surface area contributed by atoms with Crippen LogP contribution in [0.5, 0.6) is 0 Å². The Balaban J connectivity index is 1.17. The lowest BCUT2D eigenvalue weighted by molar-refractivity contribution is -0.125. The van der Waals surface area contributed by atoms with Crippen LogP contribution in [0.3, 0.4) is 0 Å². The van der Waals surface area contributed by atoms with Crippen molar-refractivity contribution in [2.24, 2.45) is 5.92 Å². The van der Waals surface area contributed by atoms with Gasteiger partial charge >= 0.3 is 0 Å². The van der Waals surface area contributed by atoms with Gasteiger partial charge in [-0.25, -0.2) is 15.0 Å². The first kappa shape index (κ1) is 19.2. The third kappa shape index (κ3) is 4.09. The van der Waals surface area contributed by atoms with Gasteiger partial charge in [0.05, 0.1) is 12.2 Å². The van der Waals surface area contributed by atoms with Crippen LogP contribution in [0.15, 0.2) is 47.5 Å². The minimum atomic E-state index is -0.107. The zero-order valence-corrected chi connectivity index (χ0v) is 16.9. The fourth-order valence-electron chi connectivity index (χ4n) is 3.87. The molecule has 1 fully saturated rings. The monoisotopic (exact) mass is 418 g/mol. The molecule has 0 aliphatic carbocycles. The lowest BCUT2D eigenvalue weighted by Crippen LogP contribution is -2.44. The van der Waals surface area contributed by atoms with E-state index in [0.717, 1.165) is 36.3 Å². The quantitative estimate of drug-likeness (QED) is 0.487. The van der Waals surface area contributed by atoms with Crippen molar-refractivity contribution < 1.29 is 9.32 Å². The van der Waals surface area contributed by atoms with Crippen LogP contribution in [-0.2, 0) is 11.2 Å². The van der Waals surface area contributed by atoms with E-state index in [0.29, 0.717) is 36.9 Å². The van der Waals surface area contributed by atoms with Crippen molar-refractivity contribution in [2.75, 3.05) is 24.5 Å². The van der Waals surface area contributed by atoms with E-state index in [2.05, 4.69) is 40.3 Å². The zero-order valence-electron chi connectivity index (χ0n) is 16.9. The first-order valence-corrected chi connectivity index (χ1v) is 10.3. The van der Waals surface area contributed by atoms with Gasteiger partial charge in [-0.1, -0.05) is 35.5 Å². The second kappa shape index (κ2) is 8.50. The number of imidazole rings is 1. The maximum absolute atomic E-state index is 12.7. The fraction of sp³-hybridized carbons (Fsp3) is 0.333. The molecular formula is C21H22N8O2. The minimum Gasteiger partial charge on any atom is -0.355 e. The van der Waals surface area contributed by atoms with Crippen molar-refractivity contribution in [3.63, 3.8) is 0 Å². The number of hydrogen-bond donors (Lipinski definition) is 2. The summed E-state index contributed by atoms with van der Waals surface area (Å²) < 4.78 is 5.31. The van der Waals surface area contributed by atoms with Gasteiger partial charge in [0, 0.05) is 31.6 Å². The van der Waals surface area contributed by atoms with E-state index >= 15 is 0 Å². The SMILES string of the molecule is O=C(NCCc1nc(-c2ccccc2)no1)C1CCCN(c2ncnc3nc[nH]c23)C1. The number of fused-ring (bicyclic) bond motifs is 1. The average molecular weight is 418 g/mol. The topological polar surface area (TPSA) is 126 Å². The summed E-state index contributed by atoms with van der Waals surface area (Å²) in [5, 5.41) is 7.02. The van der Waals surface area contributed by atoms with Gasteiger partial charge in [0.1, 0.15) is 11.8 Å². The summed E-state index contributed by atoms with van der Waals surface area (Å²) in [7, 11) is 0. The van der Waals surface area contributed by atoms with Gasteiger partial charge in [0.25, 0.3) is 0 Å². The molecule has 1 aliphatic rings. The van der Waals surface area contributed by atoms with Crippen LogP contribution in [-0.4, -0.2) is 55.6 Å². The molecule has 0 radical (unpaired) electrons. The Bertz CT molecular complexity index is 1170. The summed E-state index contributed by atoms with van der Waals surface area (Å²) >= 11 is 0. The van der Waals surface area contributed by atoms with Crippen LogP contribution in [0, 0.1) is 5.92 Å². The second-order valence-electron chi connectivity index (χ2n) is 7.50. The molecule has 1 aromatic carbocycles. The number of H-pyrrole nitrogens is 1. The Morgan fingerprint density at radius 1 is 1.23 bits per heavy atom. The molecule has 10 heteroatoms. The Morgan fingerprint density at radius 3 is 3.03 bits per heavy atom. The summed E-state index contributed by atoms with van der Waals surface area (Å²) in [5.74, 6) is 1.78. The lowest BCUT2D eigenvalue weighted by Gasteiger charge is -2.32. The third-order valence-corrected chi connectivity index (χ3v) is 5.43. The van der Waals surface area contributed by atoms with Gasteiger partial charge in [0.15, 0.2) is 11.5 Å². The Morgan fingerprint density at radius 2 is 2.13 bits per heavy atom. The van der Waals surface area contributed by atoms with E-state index in [1.54, 1.807) is 6.33 Å². The summed E-state index contributed by atoms with van der Waals surface area (Å²) in [5.41, 5.74) is 2.33. The normalized spacial score (nSPS) is 16.5. The second-order valence-corrected chi connectivity index (χ2v) is 7.50. The van der Waals surface area contributed by atoms with Crippen molar-refractivity contribution in [3.05, 3.63) is 48.9 Å². The number of aromatic amines is 1. The molecule has 1 aliphatic heterocycles. The van der Waals surface area contributed by atoms with Gasteiger partial charge in [0.2, 0.25) is 17.6 Å². The maximum atomic E-state index is 12.7. The molecule has 1 atom stereocenters. The molecule has 4 aromatic rings. The van der Waals surface area contributed by atoms with Gasteiger partial charge < -0.3 is 19.7 Å². The predicted octanol–water partition coefficient (Wildman–Crippen LogP) is 1.98. The fourth-order valence-corrected chi connectivity index (χ4v) is 3.87. The van der Waals surface area contributed by atoms with Gasteiger partial charge in [-0.05, 0) is 12.8 Å². The van der Waals surface area contributed by atoms with Crippen molar-refractivity contribution >= 4 is 22.9 Å². The first-order valence-electron chi connectivity index (χ1n) is 10.3. The van der Waals surface area contributed by atoms with E-state index in [1.165, 1.54) is 6.33 Å². The summed E-state index contributed by atoms with van der Waals surface area (Å²) in [6.45, 7) is 1.90. The van der Waals surface area contributed by atoms with Crippen molar-refractivity contribution in [2.45, 2.75) is 19.3 Å². The number of carbonyl (C=O) groups is 1. The number of rotatable bonds is 6. The summed E-state index contributed by atoms with van der Waals surface area (Å²) in [6, 6.07) is 9.66. The van der Waals surface area contributed by atoms with Crippen LogP contribution < -0.4 is 10.2 Å². The number of nitrogens with zero attached hydrogens (tertiary/aromatic N) is 6. The molecule has 1 amide bonds. The zero-order chi connectivity index (χ0) is 21.0. The highest BCUT2D eigenvalue weighted by Gasteiger charge is 2.27. The number of hydrogen-bond acceptors (Lipinski definition) is 8. The highest BCUT2D eigenvalue weighted by molar-refractivity contribution is 5.84. The van der Waals surface area contributed by atoms with Crippen LogP contribution >= 0.6 is 0 Å². The smallest absolute Gasteiger partial charge is 0.228 e. The van der Waals surface area contributed by atoms with Crippen molar-refractivity contribution in [1.82, 2.24) is 35.4 Å². The van der Waals surface area contributed by atoms with Crippen molar-refractivity contribution in [3.8, 4) is 11.4 Å². The maximum Gasteiger partial charge on any atom is 0.228 e. The Labute approximate surface area is 178 Å². The molecule has 2 N–H and O–H groups in total. The molecule has 1 unspecified atom stereocenters. The summed E-state index contributed by atoms with van der Waals surface area (Å²) in [4.78, 5) is 35.1. The highest BCUT2D eigenvalue weighted by Crippen LogP contribution is 2.25. The van der Waals surface area contributed by atoms with Crippen LogP contribution in [0.4, 0.5) is 5.82 Å². The van der Waals surface area contributed by atoms with E-state index < -0.39 is 0 Å². The Hall–Kier alpha value is -3.82. The number of piperidine rings is 1. The number of anilines is 1. The number of benzene rings is 1. The van der Waals surface area contributed by atoms with Gasteiger partial charge in [-0.3, -0.25) is 4.79 Å². The van der Waals surface area contributed by atoms with Crippen LogP contribution in [0.2, 0.25) is 0 Å². The molecule has 158 valence electrons. The first-order chi connectivity index (χ1) is 15.3. The molecule has 1 saturated heterocycles. The van der Waals surface area contributed by atoms with E-state index in [-0.39, 0.29) is 11.8 Å². The van der Waals surface area contributed by atoms with E-state index in [1.807, 2.05) is 30.3 Å². The molecule has 31 heavy (non-hydrogen) atoms. The molecule has 10 nitrogen and oxygen atoms in total. The van der Waals surface area contributed by atoms with Gasteiger partial charge in [-0.2, -0.15) is 4.98 Å². The third-order valence-electron chi connectivity index (χ3n) is 5.43. The standard InChI is InChI=1S/C21H22N8O2/c30-21(22-9-8-16-27-18(28-31-16)14-5-2-1-3-6-14)15-7-4-10-29(11-15)20-17-19(24-12-23-17)25-13-26-20/h1-3,5-6,12-13,15H,4,7-11H2,(H,22,30)(H,23,24,25,26). The minimum absolute atomic E-state index is 0.0300. The summed E-state index contributed by atoms with van der Waals surface area (Å²) in [6.07, 6.45) is 5.37. The average Bonchev–Trinajstić information content (AvgIpc) is 3.49. The van der Waals surface area contributed by atoms with Crippen molar-refractivity contribution in [1.29, 1.82) is 0 Å². The molecule has 5 rings (SSSR count). The lowest BCUT2D eigenvalue weighted by atomic mass is 9.97. The molecule has 3 aromatic heterocycles. The molecule has 0 saturated carbocycles. The van der Waals surface area contributed by atoms with Crippen LogP contribution in [0.1, 0.15) is 18.7 Å². The molecule has 0 bridgehead atoms. The molecule has 0 spiro atoms. The molecular weight excluding hydrogens is 396 g/mol. The largest absolute Gasteiger partial charge is 0.355 e. The number of carbonyl (C=O) groups excluding carboxylic acids is 1. The van der Waals surface area contributed by atoms with Gasteiger partial charge in [-0.15, -0.1) is 0 Å². The Kier molecular flexibility index (Phi) is 5.26. The molecule has 4 heterocycles. The van der Waals surface area contributed by atoms with Crippen LogP contribution in [0.25, 0.3) is 22.6 Å². The number of amides is 1.